The van der Waals surface area contributed by atoms with Crippen LogP contribution >= 0.6 is 0 Å². The van der Waals surface area contributed by atoms with Gasteiger partial charge in [0.25, 0.3) is 0 Å². The molecule has 0 amide bonds. The van der Waals surface area contributed by atoms with Gasteiger partial charge in [-0.1, -0.05) is 25.1 Å². The van der Waals surface area contributed by atoms with Crippen LogP contribution in [0.2, 0.25) is 0 Å². The average molecular weight is 379 g/mol. The minimum atomic E-state index is -3.17. The van der Waals surface area contributed by atoms with Gasteiger partial charge in [-0.3, -0.25) is 0 Å². The molecule has 1 fully saturated rings. The molecular weight excluding hydrogens is 348 g/mol. The Bertz CT molecular complexity index is 774. The fourth-order valence-corrected chi connectivity index (χ4v) is 4.95. The summed E-state index contributed by atoms with van der Waals surface area (Å²) in [7, 11) is -3.17. The van der Waals surface area contributed by atoms with Crippen LogP contribution in [0.3, 0.4) is 0 Å². The predicted molar refractivity (Wildman–Crippen MR) is 105 cm³/mol. The Hall–Kier alpha value is -1.37. The lowest BCUT2D eigenvalue weighted by molar-refractivity contribution is 0.299. The molecule has 0 spiro atoms. The zero-order chi connectivity index (χ0) is 18.6. The van der Waals surface area contributed by atoms with Crippen LogP contribution in [0.5, 0.6) is 0 Å². The molecule has 5 nitrogen and oxygen atoms in total. The molecule has 3 rings (SSSR count). The SMILES string of the molecule is CCC(C)S(=O)(=O)NC1CCC(CNCc2cc3ccccc3o2)CC1. The topological polar surface area (TPSA) is 71.3 Å². The first-order valence-electron chi connectivity index (χ1n) is 9.67. The van der Waals surface area contributed by atoms with Crippen LogP contribution < -0.4 is 10.0 Å². The van der Waals surface area contributed by atoms with Gasteiger partial charge in [0, 0.05) is 11.4 Å². The largest absolute Gasteiger partial charge is 0.460 e. The summed E-state index contributed by atoms with van der Waals surface area (Å²) in [5, 5.41) is 4.31. The van der Waals surface area contributed by atoms with E-state index in [-0.39, 0.29) is 11.3 Å². The van der Waals surface area contributed by atoms with Crippen LogP contribution in [0.25, 0.3) is 11.0 Å². The summed E-state index contributed by atoms with van der Waals surface area (Å²) in [6.07, 6.45) is 4.61. The normalized spacial score (nSPS) is 22.5. The number of rotatable bonds is 8. The molecule has 0 radical (unpaired) electrons. The number of nitrogens with one attached hydrogen (secondary N) is 2. The molecule has 26 heavy (non-hydrogen) atoms. The fraction of sp³-hybridized carbons (Fsp3) is 0.600. The summed E-state index contributed by atoms with van der Waals surface area (Å²) < 4.78 is 33.1. The van der Waals surface area contributed by atoms with Crippen LogP contribution in [-0.4, -0.2) is 26.3 Å². The molecule has 1 heterocycles. The van der Waals surface area contributed by atoms with Crippen LogP contribution in [0.15, 0.2) is 34.7 Å². The highest BCUT2D eigenvalue weighted by molar-refractivity contribution is 7.90. The van der Waals surface area contributed by atoms with Gasteiger partial charge in [-0.05, 0) is 63.6 Å². The van der Waals surface area contributed by atoms with E-state index in [1.54, 1.807) is 6.92 Å². The van der Waals surface area contributed by atoms with Gasteiger partial charge < -0.3 is 9.73 Å². The van der Waals surface area contributed by atoms with Crippen LogP contribution in [0.1, 0.15) is 51.7 Å². The van der Waals surface area contributed by atoms with Crippen LogP contribution in [-0.2, 0) is 16.6 Å². The number of para-hydroxylation sites is 1. The van der Waals surface area contributed by atoms with E-state index in [4.69, 9.17) is 4.42 Å². The lowest BCUT2D eigenvalue weighted by Gasteiger charge is -2.29. The summed E-state index contributed by atoms with van der Waals surface area (Å²) in [6.45, 7) is 5.36. The van der Waals surface area contributed by atoms with E-state index in [1.807, 2.05) is 25.1 Å². The van der Waals surface area contributed by atoms with Crippen molar-refractivity contribution in [2.75, 3.05) is 6.54 Å². The number of fused-ring (bicyclic) bond motifs is 1. The maximum absolute atomic E-state index is 12.2. The van der Waals surface area contributed by atoms with Crippen molar-refractivity contribution in [1.82, 2.24) is 10.0 Å². The fourth-order valence-electron chi connectivity index (χ4n) is 3.58. The summed E-state index contributed by atoms with van der Waals surface area (Å²) in [6, 6.07) is 10.2. The van der Waals surface area contributed by atoms with E-state index in [0.717, 1.165) is 55.5 Å². The Labute approximate surface area is 156 Å². The van der Waals surface area contributed by atoms with Gasteiger partial charge >= 0.3 is 0 Å². The van der Waals surface area contributed by atoms with Crippen molar-refractivity contribution in [2.24, 2.45) is 5.92 Å². The minimum Gasteiger partial charge on any atom is -0.460 e. The van der Waals surface area contributed by atoms with Crippen LogP contribution in [0, 0.1) is 5.92 Å². The number of hydrogen-bond donors (Lipinski definition) is 2. The standard InChI is InChI=1S/C20H30N2O3S/c1-3-15(2)26(23,24)22-18-10-8-16(9-11-18)13-21-14-19-12-17-6-4-5-7-20(17)25-19/h4-7,12,15-16,18,21-22H,3,8-11,13-14H2,1-2H3. The van der Waals surface area contributed by atoms with Crippen molar-refractivity contribution in [3.8, 4) is 0 Å². The van der Waals surface area contributed by atoms with Crippen molar-refractivity contribution < 1.29 is 12.8 Å². The second kappa shape index (κ2) is 8.55. The zero-order valence-corrected chi connectivity index (χ0v) is 16.5. The molecule has 6 heteroatoms. The van der Waals surface area contributed by atoms with Crippen molar-refractivity contribution in [1.29, 1.82) is 0 Å². The van der Waals surface area contributed by atoms with E-state index in [0.29, 0.717) is 12.3 Å². The monoisotopic (exact) mass is 378 g/mol. The van der Waals surface area contributed by atoms with E-state index in [9.17, 15) is 8.42 Å². The maximum Gasteiger partial charge on any atom is 0.214 e. The van der Waals surface area contributed by atoms with E-state index < -0.39 is 10.0 Å². The highest BCUT2D eigenvalue weighted by Crippen LogP contribution is 2.25. The highest BCUT2D eigenvalue weighted by Gasteiger charge is 2.27. The predicted octanol–water partition coefficient (Wildman–Crippen LogP) is 3.80. The molecule has 144 valence electrons. The molecule has 2 aromatic rings. The summed E-state index contributed by atoms with van der Waals surface area (Å²) >= 11 is 0. The zero-order valence-electron chi connectivity index (χ0n) is 15.7. The van der Waals surface area contributed by atoms with Gasteiger partial charge in [-0.15, -0.1) is 0 Å². The molecule has 1 aromatic heterocycles. The molecule has 1 aliphatic carbocycles. The molecule has 1 aromatic carbocycles. The molecule has 0 aliphatic heterocycles. The molecule has 0 bridgehead atoms. The van der Waals surface area contributed by atoms with Gasteiger partial charge in [0.2, 0.25) is 10.0 Å². The third-order valence-corrected chi connectivity index (χ3v) is 7.55. The van der Waals surface area contributed by atoms with E-state index in [2.05, 4.69) is 22.2 Å². The lowest BCUT2D eigenvalue weighted by atomic mass is 9.86. The van der Waals surface area contributed by atoms with Crippen molar-refractivity contribution in [3.05, 3.63) is 36.1 Å². The van der Waals surface area contributed by atoms with Crippen molar-refractivity contribution >= 4 is 21.0 Å². The first-order valence-corrected chi connectivity index (χ1v) is 11.2. The molecule has 1 atom stereocenters. The maximum atomic E-state index is 12.2. The molecule has 1 saturated carbocycles. The lowest BCUT2D eigenvalue weighted by Crippen LogP contribution is -2.42. The van der Waals surface area contributed by atoms with Gasteiger partial charge in [0.1, 0.15) is 11.3 Å². The first-order chi connectivity index (χ1) is 12.5. The van der Waals surface area contributed by atoms with Crippen LogP contribution in [0.4, 0.5) is 0 Å². The Kier molecular flexibility index (Phi) is 6.37. The molecule has 1 unspecified atom stereocenters. The van der Waals surface area contributed by atoms with Gasteiger partial charge in [0.15, 0.2) is 0 Å². The Morgan fingerprint density at radius 3 is 2.62 bits per heavy atom. The number of benzene rings is 1. The van der Waals surface area contributed by atoms with Crippen molar-refractivity contribution in [2.45, 2.75) is 63.8 Å². The van der Waals surface area contributed by atoms with E-state index in [1.165, 1.54) is 0 Å². The molecule has 0 saturated heterocycles. The summed E-state index contributed by atoms with van der Waals surface area (Å²) in [5.74, 6) is 1.56. The average Bonchev–Trinajstić information content (AvgIpc) is 3.05. The molecular formula is C20H30N2O3S. The smallest absolute Gasteiger partial charge is 0.214 e. The third-order valence-electron chi connectivity index (χ3n) is 5.49. The van der Waals surface area contributed by atoms with Gasteiger partial charge in [0.05, 0.1) is 11.8 Å². The number of furan rings is 1. The number of hydrogen-bond acceptors (Lipinski definition) is 4. The molecule has 2 N–H and O–H groups in total. The third kappa shape index (κ3) is 4.87. The second-order valence-corrected chi connectivity index (χ2v) is 9.61. The van der Waals surface area contributed by atoms with Gasteiger partial charge in [-0.2, -0.15) is 0 Å². The summed E-state index contributed by atoms with van der Waals surface area (Å²) in [5.41, 5.74) is 0.929. The second-order valence-electron chi connectivity index (χ2n) is 7.48. The van der Waals surface area contributed by atoms with Crippen molar-refractivity contribution in [3.63, 3.8) is 0 Å². The van der Waals surface area contributed by atoms with Gasteiger partial charge in [-0.25, -0.2) is 13.1 Å². The highest BCUT2D eigenvalue weighted by atomic mass is 32.2. The number of sulfonamides is 1. The quantitative estimate of drug-likeness (QED) is 0.733. The summed E-state index contributed by atoms with van der Waals surface area (Å²) in [4.78, 5) is 0. The Morgan fingerprint density at radius 1 is 1.19 bits per heavy atom. The Balaban J connectivity index is 1.40. The van der Waals surface area contributed by atoms with E-state index >= 15 is 0 Å². The molecule has 1 aliphatic rings. The first kappa shape index (κ1) is 19.4. The minimum absolute atomic E-state index is 0.0978. The Morgan fingerprint density at radius 2 is 1.92 bits per heavy atom.